The standard InChI is InChI=1S/C8H10NO4S/c1-9-7-5-6(13-2)3-4-8(7)14(10,11)12/h3-5H,1-2H3,(H,10,11,12). The maximum Gasteiger partial charge on any atom is 0.296 e. The van der Waals surface area contributed by atoms with Crippen LogP contribution in [-0.4, -0.2) is 27.1 Å². The lowest BCUT2D eigenvalue weighted by Crippen LogP contribution is -2.03. The van der Waals surface area contributed by atoms with Crippen molar-refractivity contribution in [3.8, 4) is 5.75 Å². The van der Waals surface area contributed by atoms with Crippen molar-refractivity contribution >= 4 is 15.8 Å². The zero-order valence-corrected chi connectivity index (χ0v) is 8.58. The number of nitrogens with zero attached hydrogens (tertiary/aromatic N) is 1. The predicted octanol–water partition coefficient (Wildman–Crippen LogP) is 0.808. The fourth-order valence-corrected chi connectivity index (χ4v) is 1.67. The molecule has 1 radical (unpaired) electrons. The summed E-state index contributed by atoms with van der Waals surface area (Å²) in [4.78, 5) is -0.221. The van der Waals surface area contributed by atoms with Crippen LogP contribution in [0, 0.1) is 0 Å². The second-order valence-corrected chi connectivity index (χ2v) is 3.92. The van der Waals surface area contributed by atoms with Gasteiger partial charge < -0.3 is 4.74 Å². The third-order valence-corrected chi connectivity index (χ3v) is 2.59. The van der Waals surface area contributed by atoms with Gasteiger partial charge in [0.15, 0.2) is 0 Å². The predicted molar refractivity (Wildman–Crippen MR) is 50.5 cm³/mol. The van der Waals surface area contributed by atoms with Gasteiger partial charge in [-0.1, -0.05) is 0 Å². The van der Waals surface area contributed by atoms with Crippen molar-refractivity contribution in [3.63, 3.8) is 0 Å². The van der Waals surface area contributed by atoms with Gasteiger partial charge in [-0.15, -0.1) is 0 Å². The summed E-state index contributed by atoms with van der Waals surface area (Å²) < 4.78 is 35.5. The van der Waals surface area contributed by atoms with Gasteiger partial charge in [0.05, 0.1) is 12.8 Å². The molecule has 6 heteroatoms. The molecule has 1 aromatic rings. The first-order chi connectivity index (χ1) is 6.49. The van der Waals surface area contributed by atoms with Crippen LogP contribution < -0.4 is 10.1 Å². The van der Waals surface area contributed by atoms with E-state index in [-0.39, 0.29) is 10.6 Å². The van der Waals surface area contributed by atoms with Crippen LogP contribution in [0.2, 0.25) is 0 Å². The van der Waals surface area contributed by atoms with Crippen LogP contribution >= 0.6 is 0 Å². The van der Waals surface area contributed by atoms with Gasteiger partial charge in [-0.05, 0) is 12.1 Å². The van der Waals surface area contributed by atoms with E-state index in [1.165, 1.54) is 32.4 Å². The maximum absolute atomic E-state index is 10.9. The molecule has 1 rings (SSSR count). The van der Waals surface area contributed by atoms with Crippen molar-refractivity contribution in [2.75, 3.05) is 14.2 Å². The zero-order valence-electron chi connectivity index (χ0n) is 7.76. The smallest absolute Gasteiger partial charge is 0.296 e. The summed E-state index contributed by atoms with van der Waals surface area (Å²) in [6, 6.07) is 4.12. The molecule has 0 saturated heterocycles. The Balaban J connectivity index is 3.33. The molecule has 0 unspecified atom stereocenters. The Bertz CT molecular complexity index is 427. The second-order valence-electron chi connectivity index (χ2n) is 2.53. The normalized spacial score (nSPS) is 11.1. The summed E-state index contributed by atoms with van der Waals surface area (Å²) in [5, 5.41) is 3.73. The largest absolute Gasteiger partial charge is 0.497 e. The van der Waals surface area contributed by atoms with Gasteiger partial charge in [0.2, 0.25) is 0 Å². The Morgan fingerprint density at radius 3 is 2.50 bits per heavy atom. The lowest BCUT2D eigenvalue weighted by Gasteiger charge is -2.06. The Kier molecular flexibility index (Phi) is 2.97. The Labute approximate surface area is 82.5 Å². The van der Waals surface area contributed by atoms with Gasteiger partial charge in [0.1, 0.15) is 10.6 Å². The lowest BCUT2D eigenvalue weighted by molar-refractivity contribution is 0.414. The van der Waals surface area contributed by atoms with Crippen molar-refractivity contribution in [2.24, 2.45) is 0 Å². The average Bonchev–Trinajstić information content (AvgIpc) is 2.15. The highest BCUT2D eigenvalue weighted by atomic mass is 32.2. The van der Waals surface area contributed by atoms with Crippen molar-refractivity contribution in [1.29, 1.82) is 0 Å². The minimum absolute atomic E-state index is 0.173. The molecule has 0 aliphatic carbocycles. The number of hydrogen-bond donors (Lipinski definition) is 1. The number of methoxy groups -OCH3 is 1. The number of hydrogen-bond acceptors (Lipinski definition) is 3. The summed E-state index contributed by atoms with van der Waals surface area (Å²) in [6.07, 6.45) is 0. The van der Waals surface area contributed by atoms with Crippen LogP contribution in [0.1, 0.15) is 0 Å². The van der Waals surface area contributed by atoms with Gasteiger partial charge in [-0.25, -0.2) is 0 Å². The van der Waals surface area contributed by atoms with E-state index >= 15 is 0 Å². The Morgan fingerprint density at radius 2 is 2.07 bits per heavy atom. The van der Waals surface area contributed by atoms with E-state index in [4.69, 9.17) is 9.29 Å². The van der Waals surface area contributed by atoms with E-state index in [1.54, 1.807) is 0 Å². The van der Waals surface area contributed by atoms with Crippen LogP contribution in [0.5, 0.6) is 5.75 Å². The highest BCUT2D eigenvalue weighted by molar-refractivity contribution is 7.86. The molecule has 0 heterocycles. The number of ether oxygens (including phenoxy) is 1. The van der Waals surface area contributed by atoms with E-state index in [0.717, 1.165) is 0 Å². The molecule has 0 spiro atoms. The zero-order chi connectivity index (χ0) is 10.8. The Hall–Kier alpha value is -1.27. The first kappa shape index (κ1) is 10.8. The fourth-order valence-electron chi connectivity index (χ4n) is 1.02. The molecule has 0 aromatic heterocycles. The van der Waals surface area contributed by atoms with Crippen molar-refractivity contribution in [2.45, 2.75) is 4.90 Å². The van der Waals surface area contributed by atoms with E-state index < -0.39 is 10.1 Å². The molecule has 0 bridgehead atoms. The van der Waals surface area contributed by atoms with E-state index in [0.29, 0.717) is 5.75 Å². The maximum atomic E-state index is 10.9. The molecular weight excluding hydrogens is 206 g/mol. The monoisotopic (exact) mass is 216 g/mol. The van der Waals surface area contributed by atoms with E-state index in [1.807, 2.05) is 0 Å². The van der Waals surface area contributed by atoms with E-state index in [9.17, 15) is 8.42 Å². The van der Waals surface area contributed by atoms with E-state index in [2.05, 4.69) is 5.32 Å². The number of rotatable bonds is 3. The molecule has 0 aliphatic heterocycles. The summed E-state index contributed by atoms with van der Waals surface area (Å²) in [5.74, 6) is 0.484. The average molecular weight is 216 g/mol. The minimum atomic E-state index is -4.22. The molecule has 77 valence electrons. The summed E-state index contributed by atoms with van der Waals surface area (Å²) >= 11 is 0. The van der Waals surface area contributed by atoms with Gasteiger partial charge in [0, 0.05) is 13.1 Å². The highest BCUT2D eigenvalue weighted by Gasteiger charge is 2.15. The quantitative estimate of drug-likeness (QED) is 0.758. The molecule has 0 amide bonds. The van der Waals surface area contributed by atoms with Gasteiger partial charge in [0.25, 0.3) is 10.1 Å². The molecule has 0 saturated carbocycles. The second kappa shape index (κ2) is 3.85. The van der Waals surface area contributed by atoms with Gasteiger partial charge in [-0.3, -0.25) is 9.87 Å². The topological polar surface area (TPSA) is 77.7 Å². The van der Waals surface area contributed by atoms with Gasteiger partial charge >= 0.3 is 0 Å². The van der Waals surface area contributed by atoms with Crippen LogP contribution in [0.4, 0.5) is 5.69 Å². The van der Waals surface area contributed by atoms with Crippen molar-refractivity contribution in [1.82, 2.24) is 5.32 Å². The lowest BCUT2D eigenvalue weighted by atomic mass is 10.3. The summed E-state index contributed by atoms with van der Waals surface area (Å²) in [6.45, 7) is 0. The van der Waals surface area contributed by atoms with Crippen LogP contribution in [-0.2, 0) is 10.1 Å². The molecule has 0 fully saturated rings. The van der Waals surface area contributed by atoms with Crippen LogP contribution in [0.25, 0.3) is 0 Å². The highest BCUT2D eigenvalue weighted by Crippen LogP contribution is 2.25. The minimum Gasteiger partial charge on any atom is -0.497 e. The van der Waals surface area contributed by atoms with Crippen LogP contribution in [0.3, 0.4) is 0 Å². The third kappa shape index (κ3) is 2.15. The molecule has 1 aromatic carbocycles. The molecule has 0 aliphatic rings. The first-order valence-electron chi connectivity index (χ1n) is 3.74. The summed E-state index contributed by atoms with van der Waals surface area (Å²) in [5.41, 5.74) is 0.173. The van der Waals surface area contributed by atoms with Gasteiger partial charge in [-0.2, -0.15) is 8.42 Å². The molecular formula is C8H10NO4S. The molecule has 14 heavy (non-hydrogen) atoms. The van der Waals surface area contributed by atoms with Crippen LogP contribution in [0.15, 0.2) is 23.1 Å². The van der Waals surface area contributed by atoms with Crippen molar-refractivity contribution < 1.29 is 17.7 Å². The molecule has 0 atom stereocenters. The summed E-state index contributed by atoms with van der Waals surface area (Å²) in [7, 11) is -1.33. The van der Waals surface area contributed by atoms with Crippen molar-refractivity contribution in [3.05, 3.63) is 18.2 Å². The fraction of sp³-hybridized carbons (Fsp3) is 0.250. The third-order valence-electron chi connectivity index (χ3n) is 1.68. The molecule has 5 nitrogen and oxygen atoms in total. The number of benzene rings is 1. The SMILES string of the molecule is C[N]c1cc(OC)ccc1S(=O)(=O)O. The Morgan fingerprint density at radius 1 is 1.43 bits per heavy atom. The first-order valence-corrected chi connectivity index (χ1v) is 5.18. The molecule has 1 N–H and O–H groups in total.